The number of hydrogen-bond donors (Lipinski definition) is 0. The second-order valence-corrected chi connectivity index (χ2v) is 5.31. The van der Waals surface area contributed by atoms with E-state index in [1.165, 1.54) is 19.3 Å². The van der Waals surface area contributed by atoms with Gasteiger partial charge >= 0.3 is 0 Å². The van der Waals surface area contributed by atoms with Gasteiger partial charge in [0, 0.05) is 18.4 Å². The number of carbonyl (C=O) groups is 1. The summed E-state index contributed by atoms with van der Waals surface area (Å²) in [5.41, 5.74) is 0. The molecule has 0 saturated heterocycles. The van der Waals surface area contributed by atoms with Gasteiger partial charge in [0.25, 0.3) is 0 Å². The molecule has 20 heavy (non-hydrogen) atoms. The lowest BCUT2D eigenvalue weighted by Crippen LogP contribution is -2.19. The molecular weight excluding hydrogens is 252 g/mol. The van der Waals surface area contributed by atoms with Gasteiger partial charge in [0.05, 0.1) is 13.2 Å². The van der Waals surface area contributed by atoms with Crippen molar-refractivity contribution in [3.63, 3.8) is 0 Å². The Bertz CT molecular complexity index is 422. The lowest BCUT2D eigenvalue weighted by atomic mass is 9.85. The topological polar surface area (TPSA) is 35.5 Å². The van der Waals surface area contributed by atoms with Crippen molar-refractivity contribution < 1.29 is 14.3 Å². The summed E-state index contributed by atoms with van der Waals surface area (Å²) in [5.74, 6) is 2.23. The van der Waals surface area contributed by atoms with Crippen LogP contribution in [-0.2, 0) is 4.79 Å². The third kappa shape index (κ3) is 4.55. The maximum absolute atomic E-state index is 12.1. The Morgan fingerprint density at radius 2 is 1.85 bits per heavy atom. The number of ether oxygens (including phenoxy) is 2. The summed E-state index contributed by atoms with van der Waals surface area (Å²) >= 11 is 0. The molecule has 0 bridgehead atoms. The lowest BCUT2D eigenvalue weighted by molar-refractivity contribution is -0.124. The smallest absolute Gasteiger partial charge is 0.139 e. The highest BCUT2D eigenvalue weighted by Crippen LogP contribution is 2.25. The summed E-state index contributed by atoms with van der Waals surface area (Å²) < 4.78 is 11.1. The second-order valence-electron chi connectivity index (χ2n) is 5.31. The molecule has 1 aliphatic carbocycles. The molecule has 0 aliphatic heterocycles. The molecule has 0 unspecified atom stereocenters. The van der Waals surface area contributed by atoms with Crippen molar-refractivity contribution in [3.05, 3.63) is 24.3 Å². The molecule has 0 atom stereocenters. The zero-order chi connectivity index (χ0) is 14.2. The number of carbonyl (C=O) groups excluding carboxylic acids is 1. The highest BCUT2D eigenvalue weighted by molar-refractivity contribution is 5.81. The Kier molecular flexibility index (Phi) is 5.90. The van der Waals surface area contributed by atoms with E-state index in [9.17, 15) is 4.79 Å². The average molecular weight is 276 g/mol. The van der Waals surface area contributed by atoms with Crippen LogP contribution in [0, 0.1) is 5.92 Å². The van der Waals surface area contributed by atoms with E-state index < -0.39 is 0 Å². The van der Waals surface area contributed by atoms with E-state index >= 15 is 0 Å². The van der Waals surface area contributed by atoms with Crippen molar-refractivity contribution in [3.8, 4) is 11.5 Å². The summed E-state index contributed by atoms with van der Waals surface area (Å²) in [4.78, 5) is 12.1. The van der Waals surface area contributed by atoms with E-state index in [0.29, 0.717) is 25.4 Å². The van der Waals surface area contributed by atoms with Gasteiger partial charge < -0.3 is 9.47 Å². The molecule has 0 heterocycles. The minimum Gasteiger partial charge on any atom is -0.494 e. The van der Waals surface area contributed by atoms with Crippen molar-refractivity contribution >= 4 is 5.78 Å². The molecule has 1 aromatic carbocycles. The maximum Gasteiger partial charge on any atom is 0.139 e. The van der Waals surface area contributed by atoms with Crippen LogP contribution in [0.1, 0.15) is 45.4 Å². The van der Waals surface area contributed by atoms with Gasteiger partial charge in [-0.3, -0.25) is 4.79 Å². The van der Waals surface area contributed by atoms with Crippen molar-refractivity contribution in [2.45, 2.75) is 45.4 Å². The SMILES string of the molecule is CCOc1cccc(OCCC(=O)C2CCCCC2)c1. The van der Waals surface area contributed by atoms with Crippen LogP contribution < -0.4 is 9.47 Å². The zero-order valence-corrected chi connectivity index (χ0v) is 12.3. The molecule has 0 spiro atoms. The largest absolute Gasteiger partial charge is 0.494 e. The van der Waals surface area contributed by atoms with Crippen molar-refractivity contribution in [2.75, 3.05) is 13.2 Å². The first-order valence-electron chi connectivity index (χ1n) is 7.68. The molecule has 1 aromatic rings. The van der Waals surface area contributed by atoms with Gasteiger partial charge in [-0.15, -0.1) is 0 Å². The third-order valence-corrected chi connectivity index (χ3v) is 3.79. The van der Waals surface area contributed by atoms with Crippen molar-refractivity contribution in [1.82, 2.24) is 0 Å². The van der Waals surface area contributed by atoms with Gasteiger partial charge in [0.2, 0.25) is 0 Å². The fourth-order valence-electron chi connectivity index (χ4n) is 2.72. The van der Waals surface area contributed by atoms with Crippen molar-refractivity contribution in [2.24, 2.45) is 5.92 Å². The van der Waals surface area contributed by atoms with Gasteiger partial charge in [-0.05, 0) is 31.9 Å². The van der Waals surface area contributed by atoms with E-state index in [0.717, 1.165) is 24.3 Å². The molecule has 0 aromatic heterocycles. The van der Waals surface area contributed by atoms with E-state index in [2.05, 4.69) is 0 Å². The van der Waals surface area contributed by atoms with E-state index in [1.807, 2.05) is 31.2 Å². The van der Waals surface area contributed by atoms with E-state index in [4.69, 9.17) is 9.47 Å². The molecule has 0 amide bonds. The molecule has 1 saturated carbocycles. The summed E-state index contributed by atoms with van der Waals surface area (Å²) in [7, 11) is 0. The van der Waals surface area contributed by atoms with E-state index in [1.54, 1.807) is 0 Å². The molecule has 1 aliphatic rings. The third-order valence-electron chi connectivity index (χ3n) is 3.79. The highest BCUT2D eigenvalue weighted by atomic mass is 16.5. The van der Waals surface area contributed by atoms with Crippen LogP contribution >= 0.6 is 0 Å². The Morgan fingerprint density at radius 3 is 2.55 bits per heavy atom. The van der Waals surface area contributed by atoms with Crippen LogP contribution in [-0.4, -0.2) is 19.0 Å². The lowest BCUT2D eigenvalue weighted by Gasteiger charge is -2.20. The summed E-state index contributed by atoms with van der Waals surface area (Å²) in [6, 6.07) is 7.58. The van der Waals surface area contributed by atoms with Crippen LogP contribution in [0.5, 0.6) is 11.5 Å². The molecule has 1 fully saturated rings. The van der Waals surface area contributed by atoms with Gasteiger partial charge in [0.15, 0.2) is 0 Å². The molecule has 110 valence electrons. The normalized spacial score (nSPS) is 15.8. The Morgan fingerprint density at radius 1 is 1.15 bits per heavy atom. The van der Waals surface area contributed by atoms with Crippen LogP contribution in [0.4, 0.5) is 0 Å². The fraction of sp³-hybridized carbons (Fsp3) is 0.588. The van der Waals surface area contributed by atoms with Crippen LogP contribution in [0.15, 0.2) is 24.3 Å². The second kappa shape index (κ2) is 7.93. The first-order chi connectivity index (χ1) is 9.79. The zero-order valence-electron chi connectivity index (χ0n) is 12.3. The Labute approximate surface area is 121 Å². The fourth-order valence-corrected chi connectivity index (χ4v) is 2.72. The predicted molar refractivity (Wildman–Crippen MR) is 79.3 cm³/mol. The standard InChI is InChI=1S/C17H24O3/c1-2-19-15-9-6-10-16(13-15)20-12-11-17(18)14-7-4-3-5-8-14/h6,9-10,13-14H,2-5,7-8,11-12H2,1H3. The van der Waals surface area contributed by atoms with Gasteiger partial charge in [-0.2, -0.15) is 0 Å². The minimum absolute atomic E-state index is 0.280. The first-order valence-corrected chi connectivity index (χ1v) is 7.68. The van der Waals surface area contributed by atoms with Crippen LogP contribution in [0.25, 0.3) is 0 Å². The summed E-state index contributed by atoms with van der Waals surface area (Å²) in [6.45, 7) is 3.06. The Hall–Kier alpha value is -1.51. The van der Waals surface area contributed by atoms with Crippen LogP contribution in [0.2, 0.25) is 0 Å². The molecule has 3 nitrogen and oxygen atoms in total. The Balaban J connectivity index is 1.74. The molecule has 2 rings (SSSR count). The summed E-state index contributed by atoms with van der Waals surface area (Å²) in [6.07, 6.45) is 6.34. The minimum atomic E-state index is 0.280. The molecule has 0 N–H and O–H groups in total. The summed E-state index contributed by atoms with van der Waals surface area (Å²) in [5, 5.41) is 0. The predicted octanol–water partition coefficient (Wildman–Crippen LogP) is 4.00. The van der Waals surface area contributed by atoms with E-state index in [-0.39, 0.29) is 5.92 Å². The van der Waals surface area contributed by atoms with Gasteiger partial charge in [-0.1, -0.05) is 25.3 Å². The molecule has 3 heteroatoms. The maximum atomic E-state index is 12.1. The number of Topliss-reactive ketones (excluding diaryl/α,β-unsaturated/α-hetero) is 1. The number of rotatable bonds is 7. The highest BCUT2D eigenvalue weighted by Gasteiger charge is 2.20. The number of hydrogen-bond acceptors (Lipinski definition) is 3. The average Bonchev–Trinajstić information content (AvgIpc) is 2.49. The van der Waals surface area contributed by atoms with Crippen molar-refractivity contribution in [1.29, 1.82) is 0 Å². The van der Waals surface area contributed by atoms with Crippen LogP contribution in [0.3, 0.4) is 0 Å². The number of benzene rings is 1. The monoisotopic (exact) mass is 276 g/mol. The molecule has 0 radical (unpaired) electrons. The van der Waals surface area contributed by atoms with Gasteiger partial charge in [-0.25, -0.2) is 0 Å². The quantitative estimate of drug-likeness (QED) is 0.755. The molecular formula is C17H24O3. The van der Waals surface area contributed by atoms with Gasteiger partial charge in [0.1, 0.15) is 17.3 Å². The number of ketones is 1. The first kappa shape index (κ1) is 14.9.